The van der Waals surface area contributed by atoms with Gasteiger partial charge in [0.25, 0.3) is 0 Å². The van der Waals surface area contributed by atoms with Gasteiger partial charge < -0.3 is 59.8 Å². The van der Waals surface area contributed by atoms with Crippen LogP contribution in [-0.2, 0) is 4.74 Å². The molecule has 1 aliphatic rings. The lowest BCUT2D eigenvalue weighted by atomic mass is 9.99. The lowest BCUT2D eigenvalue weighted by Crippen LogP contribution is -2.60. The molecule has 182 valence electrons. The molecule has 0 radical (unpaired) electrons. The van der Waals surface area contributed by atoms with Crippen LogP contribution in [0.25, 0.3) is 22.3 Å². The van der Waals surface area contributed by atoms with Gasteiger partial charge in [-0.3, -0.25) is 4.79 Å². The zero-order chi connectivity index (χ0) is 24.9. The van der Waals surface area contributed by atoms with Crippen LogP contribution in [0.2, 0.25) is 0 Å². The van der Waals surface area contributed by atoms with Gasteiger partial charge in [-0.15, -0.1) is 0 Å². The quantitative estimate of drug-likeness (QED) is 0.208. The minimum absolute atomic E-state index is 0.00701. The minimum atomic E-state index is -1.87. The molecule has 0 unspecified atom stereocenters. The van der Waals surface area contributed by atoms with Gasteiger partial charge in [0, 0.05) is 11.6 Å². The zero-order valence-corrected chi connectivity index (χ0v) is 17.1. The molecule has 4 rings (SSSR count). The van der Waals surface area contributed by atoms with E-state index in [0.29, 0.717) is 0 Å². The van der Waals surface area contributed by atoms with Crippen molar-refractivity contribution < 1.29 is 59.8 Å². The van der Waals surface area contributed by atoms with E-state index in [-0.39, 0.29) is 5.56 Å². The Morgan fingerprint density at radius 1 is 0.853 bits per heavy atom. The first-order chi connectivity index (χ1) is 16.0. The fourth-order valence-electron chi connectivity index (χ4n) is 3.55. The number of ether oxygens (including phenoxy) is 2. The van der Waals surface area contributed by atoms with Crippen molar-refractivity contribution in [1.82, 2.24) is 0 Å². The van der Waals surface area contributed by atoms with E-state index in [1.165, 1.54) is 6.07 Å². The molecule has 0 spiro atoms. The molecular weight excluding hydrogens is 460 g/mol. The predicted molar refractivity (Wildman–Crippen MR) is 111 cm³/mol. The Morgan fingerprint density at radius 3 is 2.21 bits per heavy atom. The highest BCUT2D eigenvalue weighted by Crippen LogP contribution is 2.45. The summed E-state index contributed by atoms with van der Waals surface area (Å²) in [7, 11) is 0. The van der Waals surface area contributed by atoms with E-state index in [9.17, 15) is 50.8 Å². The molecule has 13 nitrogen and oxygen atoms in total. The Morgan fingerprint density at radius 2 is 1.56 bits per heavy atom. The van der Waals surface area contributed by atoms with Gasteiger partial charge in [0.15, 0.2) is 28.8 Å². The third-order valence-electron chi connectivity index (χ3n) is 5.39. The Balaban J connectivity index is 1.80. The number of fused-ring (bicyclic) bond motifs is 1. The van der Waals surface area contributed by atoms with Crippen molar-refractivity contribution in [2.75, 3.05) is 6.61 Å². The number of phenols is 4. The van der Waals surface area contributed by atoms with E-state index in [2.05, 4.69) is 0 Å². The van der Waals surface area contributed by atoms with Crippen LogP contribution in [0.15, 0.2) is 33.5 Å². The third-order valence-corrected chi connectivity index (χ3v) is 5.39. The number of aliphatic hydroxyl groups is 4. The van der Waals surface area contributed by atoms with Gasteiger partial charge in [0.05, 0.1) is 6.61 Å². The van der Waals surface area contributed by atoms with E-state index >= 15 is 0 Å². The standard InChI is InChI=1S/C21H20O13/c22-5-11-13(26)16(29)18(31)21(33-11)34-20-9(25)4-10-12(15(20)28)14(27)17(30)19(32-10)6-1-2-7(23)8(24)3-6/h1-4,11,13,16,18,21-26,28-31H,5H2/t11-,13-,16+,18-,21-/m1/s1. The summed E-state index contributed by atoms with van der Waals surface area (Å²) in [4.78, 5) is 12.8. The maximum atomic E-state index is 12.8. The van der Waals surface area contributed by atoms with E-state index in [0.717, 1.165) is 18.2 Å². The van der Waals surface area contributed by atoms with Crippen molar-refractivity contribution in [3.8, 4) is 45.8 Å². The van der Waals surface area contributed by atoms with E-state index in [4.69, 9.17) is 13.9 Å². The van der Waals surface area contributed by atoms with E-state index in [1.807, 2.05) is 0 Å². The SMILES string of the molecule is O=c1c(O)c(-c2ccc(O)c(O)c2)oc2cc(O)c(O[C@H]3O[C@H](CO)[C@@H](O)[C@H](O)[C@H]3O)c(O)c12. The molecule has 0 saturated carbocycles. The molecule has 0 amide bonds. The maximum absolute atomic E-state index is 12.8. The average molecular weight is 480 g/mol. The summed E-state index contributed by atoms with van der Waals surface area (Å²) in [6.45, 7) is -0.756. The highest BCUT2D eigenvalue weighted by atomic mass is 16.7. The Bertz CT molecular complexity index is 1300. The summed E-state index contributed by atoms with van der Waals surface area (Å²) in [6.07, 6.45) is -8.49. The molecule has 2 heterocycles. The molecule has 5 atom stereocenters. The molecule has 34 heavy (non-hydrogen) atoms. The Kier molecular flexibility index (Phi) is 5.89. The van der Waals surface area contributed by atoms with E-state index < -0.39 is 94.0 Å². The van der Waals surface area contributed by atoms with E-state index in [1.54, 1.807) is 0 Å². The summed E-state index contributed by atoms with van der Waals surface area (Å²) < 4.78 is 15.9. The summed E-state index contributed by atoms with van der Waals surface area (Å²) in [5.74, 6) is -5.01. The molecule has 0 bridgehead atoms. The largest absolute Gasteiger partial charge is 0.504 e. The minimum Gasteiger partial charge on any atom is -0.504 e. The van der Waals surface area contributed by atoms with Crippen LogP contribution < -0.4 is 10.2 Å². The average Bonchev–Trinajstić information content (AvgIpc) is 2.80. The van der Waals surface area contributed by atoms with Crippen LogP contribution in [0, 0.1) is 0 Å². The summed E-state index contributed by atoms with van der Waals surface area (Å²) in [6, 6.07) is 4.18. The van der Waals surface area contributed by atoms with Crippen molar-refractivity contribution in [2.24, 2.45) is 0 Å². The van der Waals surface area contributed by atoms with Gasteiger partial charge in [-0.1, -0.05) is 0 Å². The lowest BCUT2D eigenvalue weighted by Gasteiger charge is -2.39. The van der Waals surface area contributed by atoms with Gasteiger partial charge in [-0.2, -0.15) is 0 Å². The molecule has 2 aromatic carbocycles. The van der Waals surface area contributed by atoms with Crippen LogP contribution in [0.1, 0.15) is 0 Å². The molecule has 1 aliphatic heterocycles. The second-order valence-electron chi connectivity index (χ2n) is 7.57. The summed E-state index contributed by atoms with van der Waals surface area (Å²) in [5, 5.41) is 89.0. The smallest absolute Gasteiger partial charge is 0.238 e. The number of hydrogen-bond donors (Lipinski definition) is 9. The molecule has 9 N–H and O–H groups in total. The van der Waals surface area contributed by atoms with Crippen molar-refractivity contribution >= 4 is 11.0 Å². The van der Waals surface area contributed by atoms with Crippen molar-refractivity contribution in [1.29, 1.82) is 0 Å². The highest BCUT2D eigenvalue weighted by molar-refractivity contribution is 5.91. The number of phenolic OH excluding ortho intramolecular Hbond substituents is 4. The van der Waals surface area contributed by atoms with Crippen LogP contribution in [0.4, 0.5) is 0 Å². The molecule has 13 heteroatoms. The van der Waals surface area contributed by atoms with Crippen LogP contribution >= 0.6 is 0 Å². The summed E-state index contributed by atoms with van der Waals surface area (Å²) >= 11 is 0. The number of aromatic hydroxyl groups is 5. The fraction of sp³-hybridized carbons (Fsp3) is 0.286. The topological polar surface area (TPSA) is 231 Å². The molecule has 3 aromatic rings. The summed E-state index contributed by atoms with van der Waals surface area (Å²) in [5.41, 5.74) is -1.56. The van der Waals surface area contributed by atoms with Crippen molar-refractivity contribution in [2.45, 2.75) is 30.7 Å². The second kappa shape index (κ2) is 8.55. The monoisotopic (exact) mass is 480 g/mol. The maximum Gasteiger partial charge on any atom is 0.238 e. The molecule has 1 aromatic heterocycles. The Hall–Kier alpha value is -3.75. The predicted octanol–water partition coefficient (Wildman–Crippen LogP) is -0.833. The van der Waals surface area contributed by atoms with Gasteiger partial charge >= 0.3 is 0 Å². The van der Waals surface area contributed by atoms with Gasteiger partial charge in [-0.25, -0.2) is 0 Å². The molecule has 0 aliphatic carbocycles. The lowest BCUT2D eigenvalue weighted by molar-refractivity contribution is -0.277. The van der Waals surface area contributed by atoms with Crippen molar-refractivity contribution in [3.63, 3.8) is 0 Å². The van der Waals surface area contributed by atoms with Crippen LogP contribution in [0.3, 0.4) is 0 Å². The first-order valence-electron chi connectivity index (χ1n) is 9.79. The molecule has 1 saturated heterocycles. The first-order valence-corrected chi connectivity index (χ1v) is 9.79. The number of benzene rings is 2. The van der Waals surface area contributed by atoms with Crippen LogP contribution in [0.5, 0.6) is 34.5 Å². The Labute approximate surface area is 189 Å². The number of hydrogen-bond acceptors (Lipinski definition) is 13. The van der Waals surface area contributed by atoms with Gasteiger partial charge in [0.2, 0.25) is 23.2 Å². The van der Waals surface area contributed by atoms with Crippen molar-refractivity contribution in [3.05, 3.63) is 34.5 Å². The fourth-order valence-corrected chi connectivity index (χ4v) is 3.55. The normalized spacial score (nSPS) is 24.9. The first kappa shape index (κ1) is 23.4. The number of aliphatic hydroxyl groups excluding tert-OH is 4. The molecular formula is C21H20O13. The third kappa shape index (κ3) is 3.70. The molecule has 1 fully saturated rings. The van der Waals surface area contributed by atoms with Gasteiger partial charge in [0.1, 0.15) is 35.4 Å². The van der Waals surface area contributed by atoms with Gasteiger partial charge in [-0.05, 0) is 18.2 Å². The van der Waals surface area contributed by atoms with Crippen LogP contribution in [-0.4, -0.2) is 83.3 Å². The zero-order valence-electron chi connectivity index (χ0n) is 17.1. The number of rotatable bonds is 4. The second-order valence-corrected chi connectivity index (χ2v) is 7.57. The highest BCUT2D eigenvalue weighted by Gasteiger charge is 2.45.